The molecule has 26 heavy (non-hydrogen) atoms. The van der Waals surface area contributed by atoms with Gasteiger partial charge in [-0.15, -0.1) is 0 Å². The third kappa shape index (κ3) is 3.34. The van der Waals surface area contributed by atoms with Crippen LogP contribution in [-0.2, 0) is 13.9 Å². The van der Waals surface area contributed by atoms with E-state index >= 15 is 0 Å². The van der Waals surface area contributed by atoms with E-state index < -0.39 is 25.8 Å². The van der Waals surface area contributed by atoms with E-state index in [1.807, 2.05) is 12.2 Å². The van der Waals surface area contributed by atoms with Crippen molar-refractivity contribution < 1.29 is 19.0 Å². The van der Waals surface area contributed by atoms with Crippen molar-refractivity contribution in [2.24, 2.45) is 0 Å². The molecular formula is C21H28O4Si. The molecule has 2 atom stereocenters. The normalized spacial score (nSPS) is 27.5. The minimum atomic E-state index is -2.09. The van der Waals surface area contributed by atoms with Crippen LogP contribution in [0.15, 0.2) is 36.0 Å². The second-order valence-electron chi connectivity index (χ2n) is 6.38. The predicted molar refractivity (Wildman–Crippen MR) is 106 cm³/mol. The van der Waals surface area contributed by atoms with E-state index in [4.69, 9.17) is 13.9 Å². The minimum Gasteiger partial charge on any atom is -0.393 e. The SMILES string of the molecule is CC[Si](CC)(CC)OC12C#C/C=C/C#C[C@H](O)C(=CC=C1)C2(OC)OC. The highest BCUT2D eigenvalue weighted by atomic mass is 28.4. The molecule has 0 saturated carbocycles. The molecule has 0 aromatic carbocycles. The molecule has 0 amide bonds. The standard InChI is InChI=1S/C21H28O4Si/c1-6-26(7-2,8-3)25-20-16-12-10-9-11-15-19(22)18(14-13-17-20)21(20,23-4)24-5/h9-10,13-14,17,19,22H,6-8H2,1-5H3/b10-9+/t19-,20?/m0/s1. The van der Waals surface area contributed by atoms with Gasteiger partial charge in [0, 0.05) is 19.8 Å². The van der Waals surface area contributed by atoms with Crippen LogP contribution in [0.25, 0.3) is 0 Å². The topological polar surface area (TPSA) is 47.9 Å². The van der Waals surface area contributed by atoms with E-state index in [1.165, 1.54) is 0 Å². The van der Waals surface area contributed by atoms with Crippen LogP contribution < -0.4 is 0 Å². The third-order valence-corrected chi connectivity index (χ3v) is 10.0. The number of aliphatic hydroxyl groups excluding tert-OH is 1. The molecule has 1 unspecified atom stereocenters. The summed E-state index contributed by atoms with van der Waals surface area (Å²) in [6.07, 6.45) is 7.74. The summed E-state index contributed by atoms with van der Waals surface area (Å²) in [6, 6.07) is 2.87. The quantitative estimate of drug-likeness (QED) is 0.424. The Balaban J connectivity index is 2.74. The van der Waals surface area contributed by atoms with Gasteiger partial charge in [-0.25, -0.2) is 0 Å². The van der Waals surface area contributed by atoms with Gasteiger partial charge >= 0.3 is 0 Å². The van der Waals surface area contributed by atoms with Gasteiger partial charge in [-0.2, -0.15) is 0 Å². The van der Waals surface area contributed by atoms with Gasteiger partial charge < -0.3 is 19.0 Å². The number of methoxy groups -OCH3 is 2. The fraction of sp³-hybridized carbons (Fsp3) is 0.524. The zero-order chi connectivity index (χ0) is 19.3. The molecule has 4 nitrogen and oxygen atoms in total. The van der Waals surface area contributed by atoms with E-state index in [0.717, 1.165) is 18.1 Å². The van der Waals surface area contributed by atoms with Crippen molar-refractivity contribution in [1.82, 2.24) is 0 Å². The van der Waals surface area contributed by atoms with Gasteiger partial charge in [-0.1, -0.05) is 56.6 Å². The van der Waals surface area contributed by atoms with Crippen molar-refractivity contribution >= 4 is 8.32 Å². The molecule has 0 aromatic heterocycles. The molecule has 2 aliphatic carbocycles. The van der Waals surface area contributed by atoms with Crippen LogP contribution in [0, 0.1) is 23.7 Å². The van der Waals surface area contributed by atoms with E-state index in [2.05, 4.69) is 44.5 Å². The lowest BCUT2D eigenvalue weighted by Gasteiger charge is -2.50. The molecule has 0 spiro atoms. The van der Waals surface area contributed by atoms with Crippen LogP contribution in [0.2, 0.25) is 18.1 Å². The Hall–Kier alpha value is -1.60. The lowest BCUT2D eigenvalue weighted by atomic mass is 9.80. The fourth-order valence-corrected chi connectivity index (χ4v) is 6.48. The monoisotopic (exact) mass is 372 g/mol. The van der Waals surface area contributed by atoms with E-state index in [0.29, 0.717) is 5.57 Å². The minimum absolute atomic E-state index is 0.494. The number of hydrogen-bond acceptors (Lipinski definition) is 4. The Morgan fingerprint density at radius 2 is 1.69 bits per heavy atom. The summed E-state index contributed by atoms with van der Waals surface area (Å²) >= 11 is 0. The lowest BCUT2D eigenvalue weighted by Crippen LogP contribution is -2.64. The summed E-state index contributed by atoms with van der Waals surface area (Å²) in [5.74, 6) is 10.5. The smallest absolute Gasteiger partial charge is 0.239 e. The zero-order valence-corrected chi connectivity index (χ0v) is 17.3. The van der Waals surface area contributed by atoms with Crippen LogP contribution >= 0.6 is 0 Å². The van der Waals surface area contributed by atoms with Crippen LogP contribution in [-0.4, -0.2) is 45.1 Å². The van der Waals surface area contributed by atoms with E-state index in [9.17, 15) is 5.11 Å². The second kappa shape index (κ2) is 8.39. The molecular weight excluding hydrogens is 344 g/mol. The van der Waals surface area contributed by atoms with Gasteiger partial charge in [-0.05, 0) is 36.4 Å². The first-order valence-electron chi connectivity index (χ1n) is 9.06. The van der Waals surface area contributed by atoms with Crippen molar-refractivity contribution in [2.45, 2.75) is 56.4 Å². The van der Waals surface area contributed by atoms with Crippen molar-refractivity contribution in [2.75, 3.05) is 14.2 Å². The van der Waals surface area contributed by atoms with Crippen molar-refractivity contribution in [3.8, 4) is 23.7 Å². The third-order valence-electron chi connectivity index (χ3n) is 5.38. The number of aliphatic hydroxyl groups is 1. The number of allylic oxidation sites excluding steroid dienone is 4. The number of rotatable bonds is 7. The molecule has 0 fully saturated rings. The number of fused-ring (bicyclic) bond motifs is 2. The maximum absolute atomic E-state index is 10.7. The number of hydrogen-bond donors (Lipinski definition) is 1. The Morgan fingerprint density at radius 3 is 2.27 bits per heavy atom. The summed E-state index contributed by atoms with van der Waals surface area (Å²) in [5, 5.41) is 10.7. The van der Waals surface area contributed by atoms with Crippen molar-refractivity contribution in [1.29, 1.82) is 0 Å². The molecule has 0 aromatic rings. The molecule has 2 rings (SSSR count). The van der Waals surface area contributed by atoms with Gasteiger partial charge in [0.25, 0.3) is 0 Å². The molecule has 1 N–H and O–H groups in total. The largest absolute Gasteiger partial charge is 0.393 e. The Morgan fingerprint density at radius 1 is 1.08 bits per heavy atom. The first-order chi connectivity index (χ1) is 12.5. The Kier molecular flexibility index (Phi) is 6.68. The van der Waals surface area contributed by atoms with Crippen LogP contribution in [0.4, 0.5) is 0 Å². The molecule has 2 aliphatic rings. The fourth-order valence-electron chi connectivity index (χ4n) is 3.61. The van der Waals surface area contributed by atoms with Crippen LogP contribution in [0.1, 0.15) is 20.8 Å². The summed E-state index contributed by atoms with van der Waals surface area (Å²) in [7, 11) is 1.01. The predicted octanol–water partition coefficient (Wildman–Crippen LogP) is 3.17. The molecule has 5 heteroatoms. The van der Waals surface area contributed by atoms with Gasteiger partial charge in [0.1, 0.15) is 6.10 Å². The highest BCUT2D eigenvalue weighted by Crippen LogP contribution is 2.45. The Bertz CT molecular complexity index is 712. The zero-order valence-electron chi connectivity index (χ0n) is 16.3. The summed E-state index contributed by atoms with van der Waals surface area (Å²) in [4.78, 5) is 0. The highest BCUT2D eigenvalue weighted by molar-refractivity contribution is 6.73. The van der Waals surface area contributed by atoms with Gasteiger partial charge in [-0.3, -0.25) is 0 Å². The van der Waals surface area contributed by atoms with Gasteiger partial charge in [0.15, 0.2) is 13.9 Å². The van der Waals surface area contributed by atoms with Crippen molar-refractivity contribution in [3.63, 3.8) is 0 Å². The average Bonchev–Trinajstić information content (AvgIpc) is 2.68. The van der Waals surface area contributed by atoms with Crippen LogP contribution in [0.3, 0.4) is 0 Å². The summed E-state index contributed by atoms with van der Waals surface area (Å²) in [5.41, 5.74) is -0.660. The molecule has 140 valence electrons. The van der Waals surface area contributed by atoms with Gasteiger partial charge in [0.2, 0.25) is 5.79 Å². The molecule has 0 saturated heterocycles. The maximum atomic E-state index is 10.7. The highest BCUT2D eigenvalue weighted by Gasteiger charge is 2.59. The molecule has 2 bridgehead atoms. The van der Waals surface area contributed by atoms with Crippen LogP contribution in [0.5, 0.6) is 0 Å². The first kappa shape index (κ1) is 20.7. The average molecular weight is 373 g/mol. The lowest BCUT2D eigenvalue weighted by molar-refractivity contribution is -0.245. The Labute approximate surface area is 158 Å². The number of ether oxygens (including phenoxy) is 2. The molecule has 0 radical (unpaired) electrons. The second-order valence-corrected chi connectivity index (χ2v) is 11.1. The van der Waals surface area contributed by atoms with Gasteiger partial charge in [0.05, 0.1) is 0 Å². The summed E-state index contributed by atoms with van der Waals surface area (Å²) < 4.78 is 18.6. The summed E-state index contributed by atoms with van der Waals surface area (Å²) in [6.45, 7) is 6.48. The first-order valence-corrected chi connectivity index (χ1v) is 11.6. The van der Waals surface area contributed by atoms with E-state index in [-0.39, 0.29) is 0 Å². The van der Waals surface area contributed by atoms with Crippen molar-refractivity contribution in [3.05, 3.63) is 36.0 Å². The maximum Gasteiger partial charge on any atom is 0.239 e. The molecule has 0 heterocycles. The molecule has 0 aliphatic heterocycles. The van der Waals surface area contributed by atoms with E-state index in [1.54, 1.807) is 32.4 Å².